The monoisotopic (exact) mass is 375 g/mol. The van der Waals surface area contributed by atoms with Crippen LogP contribution in [-0.4, -0.2) is 43.0 Å². The Morgan fingerprint density at radius 3 is 2.75 bits per heavy atom. The zero-order valence-corrected chi connectivity index (χ0v) is 15.9. The van der Waals surface area contributed by atoms with Crippen LogP contribution in [0.4, 0.5) is 0 Å². The molecule has 1 saturated carbocycles. The van der Waals surface area contributed by atoms with Crippen LogP contribution in [0.1, 0.15) is 59.5 Å². The molecule has 1 aliphatic heterocycles. The van der Waals surface area contributed by atoms with Gasteiger partial charge in [-0.15, -0.1) is 0 Å². The van der Waals surface area contributed by atoms with Gasteiger partial charge in [0.15, 0.2) is 0 Å². The zero-order valence-electron chi connectivity index (χ0n) is 15.9. The summed E-state index contributed by atoms with van der Waals surface area (Å²) in [6, 6.07) is 8.55. The van der Waals surface area contributed by atoms with Gasteiger partial charge in [0.25, 0.3) is 5.91 Å². The van der Waals surface area contributed by atoms with E-state index in [1.54, 1.807) is 0 Å². The van der Waals surface area contributed by atoms with Gasteiger partial charge in [-0.3, -0.25) is 9.78 Å². The highest BCUT2D eigenvalue weighted by atomic mass is 16.2. The topological polar surface area (TPSA) is 56.0 Å². The minimum absolute atomic E-state index is 0.161. The molecule has 3 aromatic rings. The van der Waals surface area contributed by atoms with Crippen molar-refractivity contribution in [2.45, 2.75) is 44.2 Å². The number of imidazole rings is 1. The standard InChI is InChI=1S/C22H25N5O/c28-22(20-4-2-13-27(20)19-5-6-19)26-12-1-3-18(16-26)21-24-11-14-25(21)15-17-7-9-23-10-8-17/h2,4,7-11,13-14,18-19H,1,3,5-6,12,15-16H2. The Labute approximate surface area is 164 Å². The SMILES string of the molecule is O=C(c1cccn1C1CC1)N1CCCC(c2nccn2Cc2ccncc2)C1. The van der Waals surface area contributed by atoms with Crippen molar-refractivity contribution >= 4 is 5.91 Å². The average molecular weight is 375 g/mol. The highest BCUT2D eigenvalue weighted by molar-refractivity contribution is 5.93. The first-order valence-electron chi connectivity index (χ1n) is 10.2. The first-order valence-corrected chi connectivity index (χ1v) is 10.2. The zero-order chi connectivity index (χ0) is 18.9. The molecule has 0 aromatic carbocycles. The molecule has 2 aliphatic rings. The first kappa shape index (κ1) is 17.2. The minimum atomic E-state index is 0.161. The molecule has 0 N–H and O–H groups in total. The van der Waals surface area contributed by atoms with Crippen molar-refractivity contribution in [3.8, 4) is 0 Å². The maximum absolute atomic E-state index is 13.2. The fourth-order valence-electron chi connectivity index (χ4n) is 4.28. The Bertz CT molecular complexity index is 956. The molecule has 6 nitrogen and oxygen atoms in total. The number of pyridine rings is 1. The van der Waals surface area contributed by atoms with Gasteiger partial charge in [0.2, 0.25) is 0 Å². The van der Waals surface area contributed by atoms with Crippen LogP contribution in [0.3, 0.4) is 0 Å². The van der Waals surface area contributed by atoms with Gasteiger partial charge in [-0.25, -0.2) is 4.98 Å². The maximum atomic E-state index is 13.2. The van der Waals surface area contributed by atoms with E-state index in [4.69, 9.17) is 0 Å². The largest absolute Gasteiger partial charge is 0.340 e. The Balaban J connectivity index is 1.33. The predicted molar refractivity (Wildman–Crippen MR) is 106 cm³/mol. The molecule has 1 atom stereocenters. The van der Waals surface area contributed by atoms with Crippen LogP contribution in [0, 0.1) is 0 Å². The molecule has 2 fully saturated rings. The van der Waals surface area contributed by atoms with Crippen molar-refractivity contribution in [2.24, 2.45) is 0 Å². The Hall–Kier alpha value is -2.89. The lowest BCUT2D eigenvalue weighted by atomic mass is 9.96. The van der Waals surface area contributed by atoms with Gasteiger partial charge in [-0.1, -0.05) is 0 Å². The van der Waals surface area contributed by atoms with E-state index in [0.29, 0.717) is 6.04 Å². The lowest BCUT2D eigenvalue weighted by Gasteiger charge is -2.33. The number of hydrogen-bond donors (Lipinski definition) is 0. The quantitative estimate of drug-likeness (QED) is 0.686. The van der Waals surface area contributed by atoms with Gasteiger partial charge in [-0.2, -0.15) is 0 Å². The number of piperidine rings is 1. The predicted octanol–water partition coefficient (Wildman–Crippen LogP) is 3.48. The van der Waals surface area contributed by atoms with E-state index in [1.807, 2.05) is 60.1 Å². The van der Waals surface area contributed by atoms with E-state index in [0.717, 1.165) is 44.0 Å². The molecule has 5 rings (SSSR count). The van der Waals surface area contributed by atoms with Crippen LogP contribution < -0.4 is 0 Å². The van der Waals surface area contributed by atoms with Crippen LogP contribution in [-0.2, 0) is 6.54 Å². The van der Waals surface area contributed by atoms with Crippen molar-refractivity contribution in [1.29, 1.82) is 0 Å². The lowest BCUT2D eigenvalue weighted by molar-refractivity contribution is 0.0692. The number of amides is 1. The molecule has 0 bridgehead atoms. The number of nitrogens with zero attached hydrogens (tertiary/aromatic N) is 5. The molecule has 1 amide bonds. The van der Waals surface area contributed by atoms with Crippen molar-refractivity contribution in [3.63, 3.8) is 0 Å². The number of likely N-dealkylation sites (tertiary alicyclic amines) is 1. The van der Waals surface area contributed by atoms with Crippen molar-refractivity contribution < 1.29 is 4.79 Å². The molecular formula is C22H25N5O. The summed E-state index contributed by atoms with van der Waals surface area (Å²) < 4.78 is 4.37. The summed E-state index contributed by atoms with van der Waals surface area (Å²) in [6.07, 6.45) is 14.1. The van der Waals surface area contributed by atoms with Crippen LogP contribution >= 0.6 is 0 Å². The summed E-state index contributed by atoms with van der Waals surface area (Å²) in [5, 5.41) is 0. The second-order valence-electron chi connectivity index (χ2n) is 7.89. The fourth-order valence-corrected chi connectivity index (χ4v) is 4.28. The van der Waals surface area contributed by atoms with E-state index >= 15 is 0 Å². The molecule has 3 aromatic heterocycles. The van der Waals surface area contributed by atoms with Crippen molar-refractivity contribution in [2.75, 3.05) is 13.1 Å². The lowest BCUT2D eigenvalue weighted by Crippen LogP contribution is -2.40. The van der Waals surface area contributed by atoms with Gasteiger partial charge in [0, 0.05) is 62.6 Å². The Morgan fingerprint density at radius 1 is 1.07 bits per heavy atom. The summed E-state index contributed by atoms with van der Waals surface area (Å²) in [5.41, 5.74) is 2.04. The third-order valence-corrected chi connectivity index (χ3v) is 5.86. The van der Waals surface area contributed by atoms with Crippen LogP contribution in [0.15, 0.2) is 55.2 Å². The number of hydrogen-bond acceptors (Lipinski definition) is 3. The fraction of sp³-hybridized carbons (Fsp3) is 0.409. The molecule has 6 heteroatoms. The van der Waals surface area contributed by atoms with Crippen molar-refractivity contribution in [1.82, 2.24) is 24.0 Å². The summed E-state index contributed by atoms with van der Waals surface area (Å²) in [4.78, 5) is 23.9. The van der Waals surface area contributed by atoms with Gasteiger partial charge < -0.3 is 14.0 Å². The number of rotatable bonds is 5. The normalized spacial score (nSPS) is 19.7. The van der Waals surface area contributed by atoms with Crippen LogP contribution in [0.2, 0.25) is 0 Å². The maximum Gasteiger partial charge on any atom is 0.270 e. The highest BCUT2D eigenvalue weighted by Gasteiger charge is 2.32. The highest BCUT2D eigenvalue weighted by Crippen LogP contribution is 2.36. The average Bonchev–Trinajstić information content (AvgIpc) is 3.28. The van der Waals surface area contributed by atoms with Gasteiger partial charge in [0.1, 0.15) is 11.5 Å². The number of carbonyl (C=O) groups excluding carboxylic acids is 1. The smallest absolute Gasteiger partial charge is 0.270 e. The molecular weight excluding hydrogens is 350 g/mol. The molecule has 1 aliphatic carbocycles. The van der Waals surface area contributed by atoms with Crippen molar-refractivity contribution in [3.05, 3.63) is 72.3 Å². The number of aromatic nitrogens is 4. The van der Waals surface area contributed by atoms with E-state index in [-0.39, 0.29) is 11.8 Å². The minimum Gasteiger partial charge on any atom is -0.340 e. The molecule has 1 saturated heterocycles. The molecule has 0 radical (unpaired) electrons. The summed E-state index contributed by atoms with van der Waals surface area (Å²) in [7, 11) is 0. The molecule has 28 heavy (non-hydrogen) atoms. The third kappa shape index (κ3) is 3.35. The molecule has 144 valence electrons. The summed E-state index contributed by atoms with van der Waals surface area (Å²) in [5.74, 6) is 1.51. The third-order valence-electron chi connectivity index (χ3n) is 5.86. The molecule has 4 heterocycles. The second-order valence-corrected chi connectivity index (χ2v) is 7.89. The number of carbonyl (C=O) groups is 1. The molecule has 0 spiro atoms. The summed E-state index contributed by atoms with van der Waals surface area (Å²) >= 11 is 0. The summed E-state index contributed by atoms with van der Waals surface area (Å²) in [6.45, 7) is 2.35. The van der Waals surface area contributed by atoms with E-state index in [2.05, 4.69) is 19.1 Å². The Kier molecular flexibility index (Phi) is 4.47. The van der Waals surface area contributed by atoms with Crippen LogP contribution in [0.5, 0.6) is 0 Å². The Morgan fingerprint density at radius 2 is 1.93 bits per heavy atom. The molecule has 1 unspecified atom stereocenters. The van der Waals surface area contributed by atoms with E-state index < -0.39 is 0 Å². The van der Waals surface area contributed by atoms with Gasteiger partial charge in [-0.05, 0) is 55.5 Å². The first-order chi connectivity index (χ1) is 13.8. The van der Waals surface area contributed by atoms with E-state index in [9.17, 15) is 4.79 Å². The van der Waals surface area contributed by atoms with E-state index in [1.165, 1.54) is 18.4 Å². The van der Waals surface area contributed by atoms with Gasteiger partial charge in [0.05, 0.1) is 0 Å². The van der Waals surface area contributed by atoms with Crippen LogP contribution in [0.25, 0.3) is 0 Å². The second kappa shape index (κ2) is 7.26. The van der Waals surface area contributed by atoms with Gasteiger partial charge >= 0.3 is 0 Å².